The Morgan fingerprint density at radius 3 is 2.48 bits per heavy atom. The van der Waals surface area contributed by atoms with Gasteiger partial charge < -0.3 is 19.5 Å². The average molecular weight is 683 g/mol. The molecule has 2 aromatic heterocycles. The van der Waals surface area contributed by atoms with Gasteiger partial charge in [0.2, 0.25) is 0 Å². The Kier molecular flexibility index (Phi) is 10.1. The van der Waals surface area contributed by atoms with Crippen LogP contribution in [-0.4, -0.2) is 64.4 Å². The molecule has 0 spiro atoms. The van der Waals surface area contributed by atoms with E-state index in [1.807, 2.05) is 85.1 Å². The van der Waals surface area contributed by atoms with Crippen LogP contribution < -0.4 is 19.5 Å². The zero-order chi connectivity index (χ0) is 33.6. The number of hydrogen-bond donors (Lipinski definition) is 1. The van der Waals surface area contributed by atoms with Gasteiger partial charge in [-0.3, -0.25) is 14.2 Å². The summed E-state index contributed by atoms with van der Waals surface area (Å²) in [5, 5.41) is 20.6. The molecule has 1 N–H and O–H groups in total. The molecule has 5 aromatic rings. The summed E-state index contributed by atoms with van der Waals surface area (Å²) in [7, 11) is 4.76. The van der Waals surface area contributed by atoms with Crippen LogP contribution in [0, 0.1) is 6.92 Å². The maximum atomic E-state index is 14.0. The van der Waals surface area contributed by atoms with E-state index in [1.165, 1.54) is 16.8 Å². The highest BCUT2D eigenvalue weighted by Crippen LogP contribution is 2.42. The number of methoxy groups -OCH3 is 3. The molecule has 0 radical (unpaired) electrons. The zero-order valence-electron chi connectivity index (χ0n) is 26.9. The van der Waals surface area contributed by atoms with Gasteiger partial charge in [-0.1, -0.05) is 59.8 Å². The molecule has 1 aliphatic heterocycles. The number of carbonyl (C=O) groups is 2. The third-order valence-corrected chi connectivity index (χ3v) is 9.63. The number of ether oxygens (including phenoxy) is 3. The van der Waals surface area contributed by atoms with Crippen LogP contribution in [0.4, 0.5) is 0 Å². The lowest BCUT2D eigenvalue weighted by Gasteiger charge is -2.24. The summed E-state index contributed by atoms with van der Waals surface area (Å²) in [4.78, 5) is 28.0. The van der Waals surface area contributed by atoms with Gasteiger partial charge in [0.15, 0.2) is 22.5 Å². The third-order valence-electron chi connectivity index (χ3n) is 7.80. The van der Waals surface area contributed by atoms with Crippen LogP contribution in [0.1, 0.15) is 44.6 Å². The van der Waals surface area contributed by atoms with E-state index in [4.69, 9.17) is 19.3 Å². The van der Waals surface area contributed by atoms with Gasteiger partial charge >= 0.3 is 0 Å². The lowest BCUT2D eigenvalue weighted by Crippen LogP contribution is -2.29. The minimum atomic E-state index is -0.403. The molecule has 246 valence electrons. The topological polar surface area (TPSA) is 120 Å². The fourth-order valence-electron chi connectivity index (χ4n) is 5.55. The summed E-state index contributed by atoms with van der Waals surface area (Å²) in [5.74, 6) is 1.78. The van der Waals surface area contributed by atoms with Gasteiger partial charge in [-0.25, -0.2) is 5.01 Å². The van der Waals surface area contributed by atoms with Crippen molar-refractivity contribution in [1.82, 2.24) is 25.1 Å². The van der Waals surface area contributed by atoms with Crippen molar-refractivity contribution >= 4 is 40.6 Å². The van der Waals surface area contributed by atoms with Crippen molar-refractivity contribution in [3.8, 4) is 22.9 Å². The van der Waals surface area contributed by atoms with Crippen LogP contribution in [-0.2, 0) is 11.3 Å². The fraction of sp³-hybridized carbons (Fsp3) is 0.229. The molecule has 0 saturated carbocycles. The molecule has 0 fully saturated rings. The average Bonchev–Trinajstić information content (AvgIpc) is 3.89. The highest BCUT2D eigenvalue weighted by molar-refractivity contribution is 7.99. The van der Waals surface area contributed by atoms with Gasteiger partial charge in [0.05, 0.1) is 55.9 Å². The van der Waals surface area contributed by atoms with E-state index < -0.39 is 6.04 Å². The number of hydrazone groups is 1. The van der Waals surface area contributed by atoms with Crippen molar-refractivity contribution in [1.29, 1.82) is 0 Å². The molecule has 1 aliphatic rings. The number of nitrogens with zero attached hydrogens (tertiary/aromatic N) is 5. The van der Waals surface area contributed by atoms with Crippen molar-refractivity contribution in [2.75, 3.05) is 27.1 Å². The molecule has 11 nitrogen and oxygen atoms in total. The number of aryl methyl sites for hydroxylation is 1. The highest BCUT2D eigenvalue weighted by Gasteiger charge is 2.36. The van der Waals surface area contributed by atoms with Gasteiger partial charge in [0.1, 0.15) is 5.75 Å². The second kappa shape index (κ2) is 14.7. The summed E-state index contributed by atoms with van der Waals surface area (Å²) in [5.41, 5.74) is 3.84. The number of benzene rings is 3. The zero-order valence-corrected chi connectivity index (χ0v) is 28.5. The van der Waals surface area contributed by atoms with Crippen molar-refractivity contribution in [2.24, 2.45) is 5.10 Å². The number of thiophene rings is 1. The predicted molar refractivity (Wildman–Crippen MR) is 186 cm³/mol. The van der Waals surface area contributed by atoms with E-state index in [2.05, 4.69) is 15.5 Å². The number of carbonyl (C=O) groups excluding carboxylic acids is 2. The van der Waals surface area contributed by atoms with Gasteiger partial charge in [-0.15, -0.1) is 21.5 Å². The van der Waals surface area contributed by atoms with Crippen LogP contribution in [0.5, 0.6) is 17.2 Å². The first-order valence-corrected chi connectivity index (χ1v) is 17.0. The maximum absolute atomic E-state index is 14.0. The van der Waals surface area contributed by atoms with E-state index >= 15 is 0 Å². The van der Waals surface area contributed by atoms with Crippen LogP contribution >= 0.6 is 23.1 Å². The first kappa shape index (κ1) is 32.8. The number of aromatic nitrogens is 3. The monoisotopic (exact) mass is 682 g/mol. The van der Waals surface area contributed by atoms with Gasteiger partial charge in [-0.2, -0.15) is 5.10 Å². The first-order valence-electron chi connectivity index (χ1n) is 15.1. The third kappa shape index (κ3) is 6.78. The molecule has 6 rings (SSSR count). The van der Waals surface area contributed by atoms with Crippen molar-refractivity contribution < 1.29 is 23.8 Å². The van der Waals surface area contributed by atoms with E-state index in [-0.39, 0.29) is 24.1 Å². The van der Waals surface area contributed by atoms with Crippen molar-refractivity contribution in [2.45, 2.75) is 31.1 Å². The van der Waals surface area contributed by atoms with E-state index in [1.54, 1.807) is 43.3 Å². The number of nitrogens with one attached hydrogen (secondary N) is 1. The quantitative estimate of drug-likeness (QED) is 0.158. The number of rotatable bonds is 12. The molecule has 1 unspecified atom stereocenters. The second-order valence-electron chi connectivity index (χ2n) is 10.8. The largest absolute Gasteiger partial charge is 0.495 e. The molecular weight excluding hydrogens is 649 g/mol. The molecule has 1 atom stereocenters. The minimum Gasteiger partial charge on any atom is -0.495 e. The number of para-hydroxylation sites is 3. The van der Waals surface area contributed by atoms with Gasteiger partial charge in [0.25, 0.3) is 11.8 Å². The lowest BCUT2D eigenvalue weighted by molar-refractivity contribution is -0.130. The number of amides is 2. The number of thioether (sulfide) groups is 1. The van der Waals surface area contributed by atoms with Crippen LogP contribution in [0.3, 0.4) is 0 Å². The Hall–Kier alpha value is -5.14. The normalized spacial score (nSPS) is 14.0. The first-order chi connectivity index (χ1) is 23.4. The molecule has 48 heavy (non-hydrogen) atoms. The van der Waals surface area contributed by atoms with Crippen LogP contribution in [0.15, 0.2) is 94.5 Å². The number of hydrogen-bond acceptors (Lipinski definition) is 10. The lowest BCUT2D eigenvalue weighted by atomic mass is 9.99. The van der Waals surface area contributed by atoms with E-state index in [0.717, 1.165) is 21.7 Å². The molecule has 0 aliphatic carbocycles. The molecule has 3 aromatic carbocycles. The minimum absolute atomic E-state index is 0.0208. The Bertz CT molecular complexity index is 1960. The maximum Gasteiger partial charge on any atom is 0.253 e. The van der Waals surface area contributed by atoms with Gasteiger partial charge in [0, 0.05) is 17.5 Å². The molecule has 0 saturated heterocycles. The van der Waals surface area contributed by atoms with Gasteiger partial charge in [-0.05, 0) is 48.7 Å². The summed E-state index contributed by atoms with van der Waals surface area (Å²) in [6, 6.07) is 24.0. The summed E-state index contributed by atoms with van der Waals surface area (Å²) in [6.07, 6.45) is 0.516. The van der Waals surface area contributed by atoms with Crippen molar-refractivity contribution in [3.63, 3.8) is 0 Å². The molecular formula is C35H34N6O5S2. The molecule has 0 bridgehead atoms. The van der Waals surface area contributed by atoms with Crippen molar-refractivity contribution in [3.05, 3.63) is 112 Å². The van der Waals surface area contributed by atoms with Crippen LogP contribution in [0.25, 0.3) is 5.69 Å². The molecule has 2 amide bonds. The fourth-order valence-corrected chi connectivity index (χ4v) is 7.09. The molecule has 13 heteroatoms. The molecule has 3 heterocycles. The standard InChI is InChI=1S/C35H34N6O5S2/c1-22-10-7-11-23(18-22)34(43)36-20-31-37-38-35(40(31)26-13-5-6-14-28(26)44-2)48-21-32(42)41-27(19-25(39-41)30-16-9-17-47-30)24-12-8-15-29(45-3)33(24)46-4/h5-18,27H,19-21H2,1-4H3,(H,36,43). The summed E-state index contributed by atoms with van der Waals surface area (Å²) >= 11 is 2.81. The van der Waals surface area contributed by atoms with E-state index in [9.17, 15) is 9.59 Å². The highest BCUT2D eigenvalue weighted by atomic mass is 32.2. The smallest absolute Gasteiger partial charge is 0.253 e. The Balaban J connectivity index is 1.28. The Morgan fingerprint density at radius 2 is 1.73 bits per heavy atom. The van der Waals surface area contributed by atoms with Crippen LogP contribution in [0.2, 0.25) is 0 Å². The summed E-state index contributed by atoms with van der Waals surface area (Å²) < 4.78 is 18.8. The summed E-state index contributed by atoms with van der Waals surface area (Å²) in [6.45, 7) is 2.04. The Labute approximate surface area is 286 Å². The predicted octanol–water partition coefficient (Wildman–Crippen LogP) is 6.06. The Morgan fingerprint density at radius 1 is 0.938 bits per heavy atom. The SMILES string of the molecule is COc1ccccc1-n1c(CNC(=O)c2cccc(C)c2)nnc1SCC(=O)N1N=C(c2cccs2)CC1c1cccc(OC)c1OC. The second-order valence-corrected chi connectivity index (χ2v) is 12.7. The van der Waals surface area contributed by atoms with E-state index in [0.29, 0.717) is 45.9 Å².